The molecule has 1 aliphatic heterocycles. The standard InChI is InChI=1S/C45H87N3O3/c1-3-5-7-9-11-13-15-17-19-21-23-25-27-29-31-33-35-50-40-42-38-48(45(49)44(47)37-46)39-43(42)41-51-36-34-32-30-28-26-24-22-20-18-16-14-12-10-8-6-4-2/h17-20,42-44H,3-16,21-41,46-47H2,1-2H3/t42-,43-,44-/m0/s1. The Morgan fingerprint density at radius 3 is 1.20 bits per heavy atom. The highest BCUT2D eigenvalue weighted by Crippen LogP contribution is 2.25. The Balaban J connectivity index is 2.09. The van der Waals surface area contributed by atoms with Crippen molar-refractivity contribution in [3.63, 3.8) is 0 Å². The molecule has 51 heavy (non-hydrogen) atoms. The summed E-state index contributed by atoms with van der Waals surface area (Å²) in [5.74, 6) is 0.562. The van der Waals surface area contributed by atoms with Crippen LogP contribution >= 0.6 is 0 Å². The van der Waals surface area contributed by atoms with Gasteiger partial charge in [0.2, 0.25) is 5.91 Å². The van der Waals surface area contributed by atoms with Crippen molar-refractivity contribution in [1.82, 2.24) is 4.90 Å². The zero-order valence-corrected chi connectivity index (χ0v) is 34.1. The molecule has 0 aromatic carbocycles. The third kappa shape index (κ3) is 28.9. The van der Waals surface area contributed by atoms with E-state index in [1.807, 2.05) is 4.90 Å². The predicted molar refractivity (Wildman–Crippen MR) is 221 cm³/mol. The lowest BCUT2D eigenvalue weighted by atomic mass is 9.98. The molecule has 6 heteroatoms. The lowest BCUT2D eigenvalue weighted by molar-refractivity contribution is -0.131. The zero-order valence-electron chi connectivity index (χ0n) is 34.1. The molecule has 4 N–H and O–H groups in total. The normalized spacial score (nSPS) is 17.1. The Morgan fingerprint density at radius 2 is 0.863 bits per heavy atom. The first kappa shape index (κ1) is 47.8. The molecule has 1 saturated heterocycles. The van der Waals surface area contributed by atoms with Crippen LogP contribution in [0.1, 0.15) is 194 Å². The van der Waals surface area contributed by atoms with Crippen molar-refractivity contribution in [2.45, 2.75) is 200 Å². The Morgan fingerprint density at radius 1 is 0.549 bits per heavy atom. The summed E-state index contributed by atoms with van der Waals surface area (Å²) in [6, 6.07) is -0.617. The number of hydrogen-bond acceptors (Lipinski definition) is 5. The van der Waals surface area contributed by atoms with Gasteiger partial charge in [0.25, 0.3) is 0 Å². The SMILES string of the molecule is CCCCCCCCC=CCCCCCCCCOC[C@@H]1CN(C(=O)[C@@H](N)CN)C[C@H]1COCCCCCCCCC=CCCCCCCCC. The van der Waals surface area contributed by atoms with E-state index in [0.29, 0.717) is 38.1 Å². The van der Waals surface area contributed by atoms with E-state index in [-0.39, 0.29) is 12.5 Å². The number of allylic oxidation sites excluding steroid dienone is 4. The number of nitrogens with zero attached hydrogens (tertiary/aromatic N) is 1. The number of ether oxygens (including phenoxy) is 2. The van der Waals surface area contributed by atoms with Crippen LogP contribution in [0.3, 0.4) is 0 Å². The number of nitrogens with two attached hydrogens (primary N) is 2. The van der Waals surface area contributed by atoms with E-state index in [9.17, 15) is 4.79 Å². The van der Waals surface area contributed by atoms with Crippen molar-refractivity contribution in [2.24, 2.45) is 23.3 Å². The number of carbonyl (C=O) groups excluding carboxylic acids is 1. The van der Waals surface area contributed by atoms with E-state index in [1.165, 1.54) is 167 Å². The molecule has 6 nitrogen and oxygen atoms in total. The van der Waals surface area contributed by atoms with Crippen molar-refractivity contribution in [1.29, 1.82) is 0 Å². The molecule has 300 valence electrons. The molecule has 0 aromatic rings. The molecular formula is C45H87N3O3. The van der Waals surface area contributed by atoms with Crippen molar-refractivity contribution >= 4 is 5.91 Å². The Bertz CT molecular complexity index is 750. The van der Waals surface area contributed by atoms with Gasteiger partial charge in [-0.05, 0) is 64.2 Å². The summed E-state index contributed by atoms with van der Waals surface area (Å²) in [6.45, 7) is 9.12. The van der Waals surface area contributed by atoms with Gasteiger partial charge in [-0.1, -0.05) is 154 Å². The molecule has 0 unspecified atom stereocenters. The van der Waals surface area contributed by atoms with E-state index >= 15 is 0 Å². The van der Waals surface area contributed by atoms with Gasteiger partial charge in [0.05, 0.1) is 19.3 Å². The Kier molecular flexibility index (Phi) is 34.8. The number of rotatable bonds is 38. The van der Waals surface area contributed by atoms with Gasteiger partial charge in [-0.25, -0.2) is 0 Å². The highest BCUT2D eigenvalue weighted by molar-refractivity contribution is 5.82. The van der Waals surface area contributed by atoms with Crippen LogP contribution in [-0.4, -0.2) is 62.9 Å². The van der Waals surface area contributed by atoms with Gasteiger partial charge in [0, 0.05) is 44.7 Å². The average molecular weight is 718 g/mol. The fraction of sp³-hybridized carbons (Fsp3) is 0.889. The molecule has 0 bridgehead atoms. The maximum Gasteiger partial charge on any atom is 0.240 e. The molecule has 0 aromatic heterocycles. The number of amides is 1. The molecule has 1 heterocycles. The van der Waals surface area contributed by atoms with Gasteiger partial charge < -0.3 is 25.8 Å². The van der Waals surface area contributed by atoms with Crippen LogP contribution in [0.25, 0.3) is 0 Å². The van der Waals surface area contributed by atoms with Crippen molar-refractivity contribution in [3.05, 3.63) is 24.3 Å². The second-order valence-electron chi connectivity index (χ2n) is 15.6. The third-order valence-corrected chi connectivity index (χ3v) is 10.7. The summed E-state index contributed by atoms with van der Waals surface area (Å²) in [4.78, 5) is 14.7. The molecule has 0 aliphatic carbocycles. The fourth-order valence-corrected chi connectivity index (χ4v) is 7.20. The molecule has 1 aliphatic rings. The molecule has 0 radical (unpaired) electrons. The number of unbranched alkanes of at least 4 members (excludes halogenated alkanes) is 24. The van der Waals surface area contributed by atoms with Crippen LogP contribution in [0.15, 0.2) is 24.3 Å². The number of hydrogen-bond donors (Lipinski definition) is 2. The van der Waals surface area contributed by atoms with Crippen LogP contribution in [0.5, 0.6) is 0 Å². The Labute approximate surface area is 317 Å². The topological polar surface area (TPSA) is 90.8 Å². The summed E-state index contributed by atoms with van der Waals surface area (Å²) in [5.41, 5.74) is 11.7. The van der Waals surface area contributed by atoms with E-state index in [2.05, 4.69) is 38.2 Å². The summed E-state index contributed by atoms with van der Waals surface area (Å²) in [7, 11) is 0. The van der Waals surface area contributed by atoms with E-state index in [4.69, 9.17) is 20.9 Å². The lowest BCUT2D eigenvalue weighted by Crippen LogP contribution is -2.47. The Hall–Kier alpha value is -1.21. The quantitative estimate of drug-likeness (QED) is 0.0490. The number of likely N-dealkylation sites (tertiary alicyclic amines) is 1. The predicted octanol–water partition coefficient (Wildman–Crippen LogP) is 11.5. The molecule has 0 saturated carbocycles. The van der Waals surface area contributed by atoms with Crippen molar-refractivity contribution in [3.8, 4) is 0 Å². The van der Waals surface area contributed by atoms with Crippen LogP contribution in [0.2, 0.25) is 0 Å². The van der Waals surface area contributed by atoms with Gasteiger partial charge in [0.1, 0.15) is 0 Å². The molecular weight excluding hydrogens is 631 g/mol. The zero-order chi connectivity index (χ0) is 36.9. The van der Waals surface area contributed by atoms with Gasteiger partial charge in [-0.2, -0.15) is 0 Å². The minimum absolute atomic E-state index is 0.0356. The van der Waals surface area contributed by atoms with E-state index < -0.39 is 6.04 Å². The van der Waals surface area contributed by atoms with Gasteiger partial charge in [-0.3, -0.25) is 4.79 Å². The lowest BCUT2D eigenvalue weighted by Gasteiger charge is -2.20. The van der Waals surface area contributed by atoms with Crippen LogP contribution in [0, 0.1) is 11.8 Å². The molecule has 1 rings (SSSR count). The van der Waals surface area contributed by atoms with Gasteiger partial charge in [0.15, 0.2) is 0 Å². The summed E-state index contributed by atoms with van der Waals surface area (Å²) < 4.78 is 12.3. The number of carbonyl (C=O) groups is 1. The maximum absolute atomic E-state index is 12.8. The van der Waals surface area contributed by atoms with Crippen LogP contribution in [-0.2, 0) is 14.3 Å². The minimum atomic E-state index is -0.617. The van der Waals surface area contributed by atoms with Gasteiger partial charge >= 0.3 is 0 Å². The van der Waals surface area contributed by atoms with Crippen molar-refractivity contribution < 1.29 is 14.3 Å². The van der Waals surface area contributed by atoms with Gasteiger partial charge in [-0.15, -0.1) is 0 Å². The van der Waals surface area contributed by atoms with Crippen LogP contribution < -0.4 is 11.5 Å². The molecule has 3 atom stereocenters. The second kappa shape index (κ2) is 37.1. The molecule has 1 amide bonds. The van der Waals surface area contributed by atoms with Crippen LogP contribution in [0.4, 0.5) is 0 Å². The summed E-state index contributed by atoms with van der Waals surface area (Å²) >= 11 is 0. The molecule has 1 fully saturated rings. The second-order valence-corrected chi connectivity index (χ2v) is 15.6. The third-order valence-electron chi connectivity index (χ3n) is 10.7. The monoisotopic (exact) mass is 718 g/mol. The van der Waals surface area contributed by atoms with E-state index in [1.54, 1.807) is 0 Å². The summed E-state index contributed by atoms with van der Waals surface area (Å²) in [5, 5.41) is 0. The van der Waals surface area contributed by atoms with Crippen molar-refractivity contribution in [2.75, 3.05) is 46.1 Å². The average Bonchev–Trinajstić information content (AvgIpc) is 3.55. The fourth-order valence-electron chi connectivity index (χ4n) is 7.20. The molecule has 0 spiro atoms. The minimum Gasteiger partial charge on any atom is -0.381 e. The first-order valence-electron chi connectivity index (χ1n) is 22.3. The summed E-state index contributed by atoms with van der Waals surface area (Å²) in [6.07, 6.45) is 46.4. The highest BCUT2D eigenvalue weighted by Gasteiger charge is 2.36. The highest BCUT2D eigenvalue weighted by atomic mass is 16.5. The largest absolute Gasteiger partial charge is 0.381 e. The first-order chi connectivity index (χ1) is 25.1. The maximum atomic E-state index is 12.8. The van der Waals surface area contributed by atoms with E-state index in [0.717, 1.165) is 26.1 Å². The smallest absolute Gasteiger partial charge is 0.240 e. The first-order valence-corrected chi connectivity index (χ1v) is 22.3.